The van der Waals surface area contributed by atoms with Crippen LogP contribution >= 0.6 is 0 Å². The molecular weight excluding hydrogens is 160 g/mol. The Balaban J connectivity index is 2.48. The highest BCUT2D eigenvalue weighted by molar-refractivity contribution is 5.65. The zero-order chi connectivity index (χ0) is 8.97. The summed E-state index contributed by atoms with van der Waals surface area (Å²) in [5.41, 5.74) is 0. The van der Waals surface area contributed by atoms with E-state index >= 15 is 0 Å². The Hall–Kier alpha value is -1.28. The number of ether oxygens (including phenoxy) is 1. The first-order chi connectivity index (χ1) is 5.74. The standard InChI is InChI=1S/C7H10N2O3/c8-3-5-1-2-12-4-6(5)9-7(10)11/h5-6,9H,1-2,4H2,(H,10,11). The first-order valence-electron chi connectivity index (χ1n) is 3.71. The molecule has 1 fully saturated rings. The molecule has 0 saturated carbocycles. The fourth-order valence-electron chi connectivity index (χ4n) is 1.19. The molecule has 2 N–H and O–H groups in total. The first kappa shape index (κ1) is 8.81. The van der Waals surface area contributed by atoms with Crippen molar-refractivity contribution in [3.63, 3.8) is 0 Å². The van der Waals surface area contributed by atoms with Crippen LogP contribution < -0.4 is 5.32 Å². The Morgan fingerprint density at radius 2 is 2.50 bits per heavy atom. The van der Waals surface area contributed by atoms with E-state index < -0.39 is 6.09 Å². The van der Waals surface area contributed by atoms with E-state index in [2.05, 4.69) is 11.4 Å². The van der Waals surface area contributed by atoms with Crippen LogP contribution in [0, 0.1) is 17.2 Å². The zero-order valence-electron chi connectivity index (χ0n) is 6.49. The van der Waals surface area contributed by atoms with Gasteiger partial charge in [0.05, 0.1) is 24.6 Å². The number of rotatable bonds is 1. The van der Waals surface area contributed by atoms with Gasteiger partial charge in [0.1, 0.15) is 0 Å². The summed E-state index contributed by atoms with van der Waals surface area (Å²) >= 11 is 0. The maximum atomic E-state index is 10.3. The SMILES string of the molecule is N#CC1CCOCC1NC(=O)O. The van der Waals surface area contributed by atoms with E-state index in [1.165, 1.54) is 0 Å². The van der Waals surface area contributed by atoms with Gasteiger partial charge in [-0.05, 0) is 6.42 Å². The predicted octanol–water partition coefficient (Wildman–Crippen LogP) is 0.183. The minimum Gasteiger partial charge on any atom is -0.465 e. The van der Waals surface area contributed by atoms with Crippen LogP contribution in [-0.2, 0) is 4.74 Å². The van der Waals surface area contributed by atoms with Gasteiger partial charge in [0.25, 0.3) is 0 Å². The number of hydrogen-bond acceptors (Lipinski definition) is 3. The van der Waals surface area contributed by atoms with Crippen molar-refractivity contribution < 1.29 is 14.6 Å². The highest BCUT2D eigenvalue weighted by Gasteiger charge is 2.26. The largest absolute Gasteiger partial charge is 0.465 e. The number of nitrogens with one attached hydrogen (secondary N) is 1. The van der Waals surface area contributed by atoms with Crippen LogP contribution in [0.25, 0.3) is 0 Å². The molecule has 0 bridgehead atoms. The summed E-state index contributed by atoms with van der Waals surface area (Å²) in [6, 6.07) is 1.68. The lowest BCUT2D eigenvalue weighted by Gasteiger charge is -2.26. The van der Waals surface area contributed by atoms with E-state index in [0.717, 1.165) is 0 Å². The van der Waals surface area contributed by atoms with E-state index in [1.807, 2.05) is 0 Å². The molecule has 5 nitrogen and oxygen atoms in total. The van der Waals surface area contributed by atoms with Crippen molar-refractivity contribution in [1.29, 1.82) is 5.26 Å². The van der Waals surface area contributed by atoms with Gasteiger partial charge in [-0.25, -0.2) is 4.79 Å². The predicted molar refractivity (Wildman–Crippen MR) is 39.5 cm³/mol. The number of carbonyl (C=O) groups is 1. The minimum atomic E-state index is -1.11. The van der Waals surface area contributed by atoms with Gasteiger partial charge < -0.3 is 15.2 Å². The van der Waals surface area contributed by atoms with Crippen molar-refractivity contribution in [2.45, 2.75) is 12.5 Å². The molecule has 0 radical (unpaired) electrons. The Bertz CT molecular complexity index is 211. The topological polar surface area (TPSA) is 82.3 Å². The number of hydrogen-bond donors (Lipinski definition) is 2. The third kappa shape index (κ3) is 2.10. The Morgan fingerprint density at radius 3 is 3.08 bits per heavy atom. The van der Waals surface area contributed by atoms with Crippen molar-refractivity contribution in [3.8, 4) is 6.07 Å². The molecule has 0 aliphatic carbocycles. The third-order valence-electron chi connectivity index (χ3n) is 1.83. The molecule has 5 heteroatoms. The Kier molecular flexibility index (Phi) is 2.88. The average Bonchev–Trinajstić information content (AvgIpc) is 2.04. The Morgan fingerprint density at radius 1 is 1.75 bits per heavy atom. The van der Waals surface area contributed by atoms with Crippen molar-refractivity contribution in [3.05, 3.63) is 0 Å². The van der Waals surface area contributed by atoms with Crippen LogP contribution in [0.15, 0.2) is 0 Å². The van der Waals surface area contributed by atoms with Crippen molar-refractivity contribution in [2.24, 2.45) is 5.92 Å². The Labute approximate surface area is 69.9 Å². The van der Waals surface area contributed by atoms with Crippen LogP contribution in [0.3, 0.4) is 0 Å². The maximum absolute atomic E-state index is 10.3. The van der Waals surface area contributed by atoms with Gasteiger partial charge >= 0.3 is 6.09 Å². The van der Waals surface area contributed by atoms with Crippen molar-refractivity contribution in [1.82, 2.24) is 5.32 Å². The number of nitrogens with zero attached hydrogens (tertiary/aromatic N) is 1. The summed E-state index contributed by atoms with van der Waals surface area (Å²) in [5, 5.41) is 19.3. The fraction of sp³-hybridized carbons (Fsp3) is 0.714. The van der Waals surface area contributed by atoms with E-state index in [4.69, 9.17) is 15.1 Å². The molecule has 66 valence electrons. The molecule has 1 amide bonds. The first-order valence-corrected chi connectivity index (χ1v) is 3.71. The quantitative estimate of drug-likeness (QED) is 0.588. The molecule has 2 unspecified atom stereocenters. The second-order valence-electron chi connectivity index (χ2n) is 2.66. The van der Waals surface area contributed by atoms with Gasteiger partial charge in [0.15, 0.2) is 0 Å². The van der Waals surface area contributed by atoms with Gasteiger partial charge in [0.2, 0.25) is 0 Å². The fourth-order valence-corrected chi connectivity index (χ4v) is 1.19. The molecule has 2 atom stereocenters. The second kappa shape index (κ2) is 3.93. The molecule has 0 aromatic carbocycles. The number of amides is 1. The molecule has 1 saturated heterocycles. The summed E-state index contributed by atoms with van der Waals surface area (Å²) in [6.07, 6.45) is -0.507. The van der Waals surface area contributed by atoms with Crippen LogP contribution in [0.2, 0.25) is 0 Å². The van der Waals surface area contributed by atoms with Gasteiger partial charge in [-0.1, -0.05) is 0 Å². The lowest BCUT2D eigenvalue weighted by molar-refractivity contribution is 0.0512. The van der Waals surface area contributed by atoms with Gasteiger partial charge in [-0.15, -0.1) is 0 Å². The highest BCUT2D eigenvalue weighted by Crippen LogP contribution is 2.13. The summed E-state index contributed by atoms with van der Waals surface area (Å²) in [7, 11) is 0. The number of nitriles is 1. The van der Waals surface area contributed by atoms with Crippen LogP contribution in [0.4, 0.5) is 4.79 Å². The lowest BCUT2D eigenvalue weighted by Crippen LogP contribution is -2.45. The minimum absolute atomic E-state index is 0.255. The number of carboxylic acid groups (broad SMARTS) is 1. The molecule has 12 heavy (non-hydrogen) atoms. The van der Waals surface area contributed by atoms with E-state index in [1.54, 1.807) is 0 Å². The summed E-state index contributed by atoms with van der Waals surface area (Å²) in [4.78, 5) is 10.3. The third-order valence-corrected chi connectivity index (χ3v) is 1.83. The molecule has 1 rings (SSSR count). The second-order valence-corrected chi connectivity index (χ2v) is 2.66. The zero-order valence-corrected chi connectivity index (χ0v) is 6.49. The van der Waals surface area contributed by atoms with Gasteiger partial charge in [0, 0.05) is 6.61 Å². The van der Waals surface area contributed by atoms with Crippen molar-refractivity contribution >= 4 is 6.09 Å². The van der Waals surface area contributed by atoms with Crippen LogP contribution in [-0.4, -0.2) is 30.5 Å². The average molecular weight is 170 g/mol. The van der Waals surface area contributed by atoms with E-state index in [-0.39, 0.29) is 12.0 Å². The van der Waals surface area contributed by atoms with Gasteiger partial charge in [-0.3, -0.25) is 0 Å². The molecular formula is C7H10N2O3. The van der Waals surface area contributed by atoms with Crippen LogP contribution in [0.5, 0.6) is 0 Å². The smallest absolute Gasteiger partial charge is 0.405 e. The van der Waals surface area contributed by atoms with E-state index in [9.17, 15) is 4.79 Å². The van der Waals surface area contributed by atoms with Gasteiger partial charge in [-0.2, -0.15) is 5.26 Å². The maximum Gasteiger partial charge on any atom is 0.405 e. The molecule has 1 aliphatic rings. The summed E-state index contributed by atoms with van der Waals surface area (Å²) in [6.45, 7) is 0.834. The molecule has 1 aliphatic heterocycles. The lowest BCUT2D eigenvalue weighted by atomic mass is 9.97. The molecule has 1 heterocycles. The van der Waals surface area contributed by atoms with Crippen LogP contribution in [0.1, 0.15) is 6.42 Å². The summed E-state index contributed by atoms with van der Waals surface area (Å²) in [5.74, 6) is -0.255. The molecule has 0 spiro atoms. The van der Waals surface area contributed by atoms with E-state index in [0.29, 0.717) is 19.6 Å². The highest BCUT2D eigenvalue weighted by atomic mass is 16.5. The monoisotopic (exact) mass is 170 g/mol. The molecule has 0 aromatic heterocycles. The normalized spacial score (nSPS) is 28.9. The molecule has 0 aromatic rings. The van der Waals surface area contributed by atoms with Crippen molar-refractivity contribution in [2.75, 3.05) is 13.2 Å². The summed E-state index contributed by atoms with van der Waals surface area (Å²) < 4.78 is 5.04.